The van der Waals surface area contributed by atoms with E-state index in [-0.39, 0.29) is 6.23 Å². The zero-order valence-corrected chi connectivity index (χ0v) is 19.8. The molecular weight excluding hydrogens is 460 g/mol. The Morgan fingerprint density at radius 1 is 1.26 bits per heavy atom. The summed E-state index contributed by atoms with van der Waals surface area (Å²) in [7, 11) is 1.60. The first-order valence-corrected chi connectivity index (χ1v) is 11.5. The molecule has 34 heavy (non-hydrogen) atoms. The molecule has 0 amide bonds. The molecule has 1 N–H and O–H groups in total. The van der Waals surface area contributed by atoms with E-state index in [1.54, 1.807) is 7.11 Å². The number of hydrazone groups is 1. The Kier molecular flexibility index (Phi) is 6.11. The summed E-state index contributed by atoms with van der Waals surface area (Å²) in [6.45, 7) is 4.52. The van der Waals surface area contributed by atoms with Crippen molar-refractivity contribution in [1.82, 2.24) is 15.0 Å². The summed E-state index contributed by atoms with van der Waals surface area (Å²) in [5.74, 6) is 1.65. The minimum absolute atomic E-state index is 0.321. The van der Waals surface area contributed by atoms with E-state index in [9.17, 15) is 9.90 Å². The zero-order valence-electron chi connectivity index (χ0n) is 19.1. The molecule has 0 radical (unpaired) electrons. The highest BCUT2D eigenvalue weighted by molar-refractivity contribution is 6.32. The minimum atomic E-state index is -0.866. The topological polar surface area (TPSA) is 87.1 Å². The number of hydrazine groups is 1. The van der Waals surface area contributed by atoms with Crippen molar-refractivity contribution < 1.29 is 24.1 Å². The molecule has 3 heterocycles. The van der Waals surface area contributed by atoms with E-state index in [0.717, 1.165) is 29.8 Å². The summed E-state index contributed by atoms with van der Waals surface area (Å²) >= 11 is 6.50. The summed E-state index contributed by atoms with van der Waals surface area (Å²) in [6, 6.07) is 13.0. The van der Waals surface area contributed by atoms with Gasteiger partial charge >= 0.3 is 0 Å². The predicted octanol–water partition coefficient (Wildman–Crippen LogP) is 2.46. The highest BCUT2D eigenvalue weighted by Gasteiger charge is 2.42. The fourth-order valence-electron chi connectivity index (χ4n) is 4.36. The fourth-order valence-corrected chi connectivity index (χ4v) is 4.60. The molecule has 0 aromatic heterocycles. The number of ether oxygens (including phenoxy) is 3. The third kappa shape index (κ3) is 4.56. The number of aliphatic hydroxyl groups is 1. The second-order valence-corrected chi connectivity index (χ2v) is 9.44. The maximum Gasteiger partial charge on any atom is 0.260 e. The van der Waals surface area contributed by atoms with Crippen molar-refractivity contribution in [1.29, 1.82) is 0 Å². The zero-order chi connectivity index (χ0) is 23.9. The lowest BCUT2D eigenvalue weighted by molar-refractivity contribution is -0.218. The van der Waals surface area contributed by atoms with E-state index < -0.39 is 11.8 Å². The second-order valence-electron chi connectivity index (χ2n) is 9.03. The van der Waals surface area contributed by atoms with E-state index in [4.69, 9.17) is 25.8 Å². The number of aldehydes is 1. The van der Waals surface area contributed by atoms with E-state index in [1.807, 2.05) is 54.4 Å². The van der Waals surface area contributed by atoms with Crippen LogP contribution in [-0.4, -0.2) is 77.1 Å². The number of nitrogens with zero attached hydrogens (tertiary/aromatic N) is 4. The summed E-state index contributed by atoms with van der Waals surface area (Å²) in [5.41, 5.74) is 1.20. The Bertz CT molecular complexity index is 1090. The normalized spacial score (nSPS) is 24.0. The van der Waals surface area contributed by atoms with E-state index in [1.165, 1.54) is 5.12 Å². The van der Waals surface area contributed by atoms with Crippen molar-refractivity contribution in [3.8, 4) is 11.5 Å². The maximum atomic E-state index is 11.7. The van der Waals surface area contributed by atoms with E-state index in [0.29, 0.717) is 42.6 Å². The molecule has 0 saturated carbocycles. The molecule has 0 bridgehead atoms. The molecule has 3 aliphatic heterocycles. The van der Waals surface area contributed by atoms with Gasteiger partial charge in [-0.2, -0.15) is 10.1 Å². The Labute approximate surface area is 203 Å². The van der Waals surface area contributed by atoms with Gasteiger partial charge in [0, 0.05) is 38.2 Å². The predicted molar refractivity (Wildman–Crippen MR) is 125 cm³/mol. The van der Waals surface area contributed by atoms with Crippen LogP contribution < -0.4 is 9.47 Å². The van der Waals surface area contributed by atoms with E-state index in [2.05, 4.69) is 10.0 Å². The minimum Gasteiger partial charge on any atom is -0.497 e. The van der Waals surface area contributed by atoms with Gasteiger partial charge in [0.25, 0.3) is 6.23 Å². The van der Waals surface area contributed by atoms with Gasteiger partial charge in [0.15, 0.2) is 12.5 Å². The lowest BCUT2D eigenvalue weighted by Gasteiger charge is -2.44. The molecule has 3 aliphatic rings. The molecule has 180 valence electrons. The van der Waals surface area contributed by atoms with Gasteiger partial charge in [0.1, 0.15) is 11.5 Å². The van der Waals surface area contributed by atoms with Crippen LogP contribution in [0.3, 0.4) is 0 Å². The van der Waals surface area contributed by atoms with Crippen molar-refractivity contribution in [2.75, 3.05) is 26.7 Å². The number of rotatable bonds is 8. The van der Waals surface area contributed by atoms with Gasteiger partial charge in [0.2, 0.25) is 5.90 Å². The Balaban J connectivity index is 1.24. The van der Waals surface area contributed by atoms with Gasteiger partial charge in [-0.15, -0.1) is 5.10 Å². The Hall–Kier alpha value is -2.85. The van der Waals surface area contributed by atoms with Crippen molar-refractivity contribution in [2.45, 2.75) is 37.9 Å². The molecule has 2 atom stereocenters. The van der Waals surface area contributed by atoms with Crippen molar-refractivity contribution in [3.05, 3.63) is 58.6 Å². The van der Waals surface area contributed by atoms with Crippen LogP contribution in [0.25, 0.3) is 0 Å². The van der Waals surface area contributed by atoms with Crippen molar-refractivity contribution in [3.63, 3.8) is 0 Å². The molecule has 2 aromatic rings. The molecule has 10 heteroatoms. The SMILES string of the molecule is COc1ccc(C2=NN(N3CCC3Oc3ccc(CN4CC(C)(O)C4)cc3Cl)C(C=O)O2)cc1. The quantitative estimate of drug-likeness (QED) is 0.569. The molecule has 5 rings (SSSR count). The molecule has 2 saturated heterocycles. The molecule has 2 fully saturated rings. The summed E-state index contributed by atoms with van der Waals surface area (Å²) in [4.78, 5) is 13.8. The number of hydrogen-bond acceptors (Lipinski definition) is 9. The number of hydrogen-bond donors (Lipinski definition) is 1. The average molecular weight is 487 g/mol. The van der Waals surface area contributed by atoms with Gasteiger partial charge in [-0.1, -0.05) is 17.7 Å². The monoisotopic (exact) mass is 486 g/mol. The third-order valence-electron chi connectivity index (χ3n) is 6.10. The van der Waals surface area contributed by atoms with Crippen LogP contribution in [0.15, 0.2) is 47.6 Å². The number of carbonyl (C=O) groups is 1. The number of halogens is 1. The van der Waals surface area contributed by atoms with Crippen LogP contribution in [-0.2, 0) is 16.1 Å². The summed E-state index contributed by atoms with van der Waals surface area (Å²) in [6.07, 6.45) is 0.287. The first-order valence-electron chi connectivity index (χ1n) is 11.2. The van der Waals surface area contributed by atoms with E-state index >= 15 is 0 Å². The fraction of sp³-hybridized carbons (Fsp3) is 0.417. The Morgan fingerprint density at radius 2 is 2.03 bits per heavy atom. The molecule has 9 nitrogen and oxygen atoms in total. The molecule has 2 aromatic carbocycles. The first-order chi connectivity index (χ1) is 16.3. The van der Waals surface area contributed by atoms with Crippen LogP contribution in [0.5, 0.6) is 11.5 Å². The van der Waals surface area contributed by atoms with Crippen molar-refractivity contribution in [2.24, 2.45) is 5.10 Å². The standard InChI is InChI=1S/C24H27ClN4O5/c1-24(31)14-27(15-24)12-16-3-8-20(19(25)11-16)33-21-9-10-28(21)29-22(13-30)34-23(26-29)17-4-6-18(32-2)7-5-17/h3-8,11,13,21-22,31H,9-10,12,14-15H2,1-2H3. The highest BCUT2D eigenvalue weighted by Crippen LogP contribution is 2.33. The van der Waals surface area contributed by atoms with Gasteiger partial charge in [-0.25, -0.2) is 0 Å². The largest absolute Gasteiger partial charge is 0.497 e. The van der Waals surface area contributed by atoms with Crippen LogP contribution in [0.2, 0.25) is 5.02 Å². The number of carbonyl (C=O) groups excluding carboxylic acids is 1. The molecular formula is C24H27ClN4O5. The van der Waals surface area contributed by atoms with Crippen LogP contribution in [0, 0.1) is 0 Å². The molecule has 0 spiro atoms. The number of β-amino-alcohol motifs (C(OH)–C–C–N with tert-alkyl or cyclic N) is 1. The van der Waals surface area contributed by atoms with Crippen molar-refractivity contribution >= 4 is 23.8 Å². The smallest absolute Gasteiger partial charge is 0.260 e. The van der Waals surface area contributed by atoms with Crippen LogP contribution in [0.4, 0.5) is 0 Å². The molecule has 0 aliphatic carbocycles. The summed E-state index contributed by atoms with van der Waals surface area (Å²) < 4.78 is 17.1. The van der Waals surface area contributed by atoms with Gasteiger partial charge < -0.3 is 19.3 Å². The van der Waals surface area contributed by atoms with Crippen LogP contribution in [0.1, 0.15) is 24.5 Å². The summed E-state index contributed by atoms with van der Waals surface area (Å²) in [5, 5.41) is 18.3. The highest BCUT2D eigenvalue weighted by atomic mass is 35.5. The lowest BCUT2D eigenvalue weighted by atomic mass is 9.96. The maximum absolute atomic E-state index is 11.7. The first kappa shape index (κ1) is 22.9. The second kappa shape index (κ2) is 9.07. The lowest BCUT2D eigenvalue weighted by Crippen LogP contribution is -2.60. The van der Waals surface area contributed by atoms with Crippen LogP contribution >= 0.6 is 11.6 Å². The average Bonchev–Trinajstić information content (AvgIpc) is 3.20. The number of likely N-dealkylation sites (tertiary alicyclic amines) is 1. The number of methoxy groups -OCH3 is 1. The number of benzene rings is 2. The molecule has 2 unspecified atom stereocenters. The Morgan fingerprint density at radius 3 is 2.62 bits per heavy atom. The van der Waals surface area contributed by atoms with Gasteiger partial charge in [0.05, 0.1) is 17.7 Å². The third-order valence-corrected chi connectivity index (χ3v) is 6.40. The van der Waals surface area contributed by atoms with Gasteiger partial charge in [-0.3, -0.25) is 9.69 Å². The van der Waals surface area contributed by atoms with Gasteiger partial charge in [-0.05, 0) is 48.9 Å².